The van der Waals surface area contributed by atoms with E-state index in [0.717, 1.165) is 25.1 Å². The summed E-state index contributed by atoms with van der Waals surface area (Å²) in [5.41, 5.74) is 3.33. The lowest BCUT2D eigenvalue weighted by molar-refractivity contribution is 0.0975. The Hall–Kier alpha value is -1.84. The van der Waals surface area contributed by atoms with Crippen molar-refractivity contribution in [2.45, 2.75) is 32.1 Å². The molecule has 0 saturated heterocycles. The van der Waals surface area contributed by atoms with Gasteiger partial charge in [0.05, 0.1) is 0 Å². The summed E-state index contributed by atoms with van der Waals surface area (Å²) in [5.74, 6) is 1.19. The van der Waals surface area contributed by atoms with Crippen LogP contribution in [-0.4, -0.2) is 25.0 Å². The normalized spacial score (nSPS) is 18.5. The lowest BCUT2D eigenvalue weighted by Crippen LogP contribution is -2.43. The van der Waals surface area contributed by atoms with Crippen LogP contribution in [0, 0.1) is 6.92 Å². The Morgan fingerprint density at radius 3 is 2.95 bits per heavy atom. The maximum Gasteiger partial charge on any atom is 0.257 e. The molecular weight excluding hydrogens is 238 g/mol. The monoisotopic (exact) mass is 257 g/mol. The third-order valence-corrected chi connectivity index (χ3v) is 3.69. The maximum absolute atomic E-state index is 12.2. The lowest BCUT2D eigenvalue weighted by Gasteiger charge is -2.15. The highest BCUT2D eigenvalue weighted by molar-refractivity contribution is 6.05. The van der Waals surface area contributed by atoms with E-state index in [9.17, 15) is 4.79 Å². The van der Waals surface area contributed by atoms with E-state index in [0.29, 0.717) is 11.9 Å². The first-order chi connectivity index (χ1) is 9.24. The standard InChI is InChI=1S/C15H19N3O/c1-10-3-4-12(9-13(10)11-5-6-11)14(19)18-15-16-7-2-8-17-15/h3-4,9,11H,2,5-8H2,1H3,(H2,16,17,18,19). The van der Waals surface area contributed by atoms with Crippen molar-refractivity contribution < 1.29 is 4.79 Å². The Kier molecular flexibility index (Phi) is 3.23. The molecule has 1 aromatic rings. The molecule has 1 saturated carbocycles. The zero-order chi connectivity index (χ0) is 13.2. The highest BCUT2D eigenvalue weighted by Gasteiger charge is 2.25. The van der Waals surface area contributed by atoms with Crippen molar-refractivity contribution in [2.75, 3.05) is 13.1 Å². The van der Waals surface area contributed by atoms with Crippen molar-refractivity contribution in [3.8, 4) is 0 Å². The summed E-state index contributed by atoms with van der Waals surface area (Å²) in [6, 6.07) is 5.96. The van der Waals surface area contributed by atoms with E-state index < -0.39 is 0 Å². The van der Waals surface area contributed by atoms with Crippen LogP contribution in [0.1, 0.15) is 46.7 Å². The number of nitrogens with one attached hydrogen (secondary N) is 2. The van der Waals surface area contributed by atoms with Gasteiger partial charge in [0.1, 0.15) is 0 Å². The minimum absolute atomic E-state index is 0.0740. The average Bonchev–Trinajstić information content (AvgIpc) is 3.24. The molecule has 0 atom stereocenters. The van der Waals surface area contributed by atoms with Crippen LogP contribution in [0.15, 0.2) is 23.2 Å². The summed E-state index contributed by atoms with van der Waals surface area (Å²) in [4.78, 5) is 16.4. The molecule has 2 N–H and O–H groups in total. The van der Waals surface area contributed by atoms with E-state index in [4.69, 9.17) is 0 Å². The summed E-state index contributed by atoms with van der Waals surface area (Å²) >= 11 is 0. The summed E-state index contributed by atoms with van der Waals surface area (Å²) in [6.07, 6.45) is 3.52. The molecule has 100 valence electrons. The maximum atomic E-state index is 12.2. The molecule has 2 aliphatic rings. The predicted octanol–water partition coefficient (Wildman–Crippen LogP) is 1.95. The Morgan fingerprint density at radius 2 is 2.26 bits per heavy atom. The zero-order valence-electron chi connectivity index (χ0n) is 11.2. The summed E-state index contributed by atoms with van der Waals surface area (Å²) in [7, 11) is 0. The number of hydrogen-bond acceptors (Lipinski definition) is 3. The van der Waals surface area contributed by atoms with Crippen LogP contribution < -0.4 is 10.6 Å². The van der Waals surface area contributed by atoms with E-state index in [1.54, 1.807) is 0 Å². The summed E-state index contributed by atoms with van der Waals surface area (Å²) in [6.45, 7) is 3.77. The number of rotatable bonds is 2. The SMILES string of the molecule is Cc1ccc(C(=O)NC2=NCCCN2)cc1C1CC1. The largest absolute Gasteiger partial charge is 0.356 e. The van der Waals surface area contributed by atoms with Gasteiger partial charge in [-0.25, -0.2) is 0 Å². The topological polar surface area (TPSA) is 53.5 Å². The van der Waals surface area contributed by atoms with Gasteiger partial charge in [-0.05, 0) is 55.4 Å². The van der Waals surface area contributed by atoms with Crippen LogP contribution in [0.4, 0.5) is 0 Å². The summed E-state index contributed by atoms with van der Waals surface area (Å²) in [5, 5.41) is 5.94. The Labute approximate surface area is 113 Å². The second-order valence-electron chi connectivity index (χ2n) is 5.31. The van der Waals surface area contributed by atoms with Crippen LogP contribution in [-0.2, 0) is 0 Å². The number of benzene rings is 1. The zero-order valence-corrected chi connectivity index (χ0v) is 11.2. The number of nitrogens with zero attached hydrogens (tertiary/aromatic N) is 1. The molecule has 4 heteroatoms. The van der Waals surface area contributed by atoms with Crippen LogP contribution in [0.2, 0.25) is 0 Å². The molecule has 0 aromatic heterocycles. The molecule has 0 spiro atoms. The van der Waals surface area contributed by atoms with Gasteiger partial charge in [0.15, 0.2) is 5.96 Å². The van der Waals surface area contributed by atoms with Crippen molar-refractivity contribution in [2.24, 2.45) is 4.99 Å². The fourth-order valence-electron chi connectivity index (χ4n) is 2.41. The number of guanidine groups is 1. The second kappa shape index (κ2) is 5.03. The Balaban J connectivity index is 1.75. The number of aryl methyl sites for hydroxylation is 1. The van der Waals surface area contributed by atoms with Crippen LogP contribution in [0.5, 0.6) is 0 Å². The molecule has 1 amide bonds. The number of amides is 1. The highest BCUT2D eigenvalue weighted by Crippen LogP contribution is 2.41. The van der Waals surface area contributed by atoms with Crippen molar-refractivity contribution in [3.05, 3.63) is 34.9 Å². The number of carbonyl (C=O) groups is 1. The van der Waals surface area contributed by atoms with Gasteiger partial charge >= 0.3 is 0 Å². The van der Waals surface area contributed by atoms with Crippen molar-refractivity contribution >= 4 is 11.9 Å². The fourth-order valence-corrected chi connectivity index (χ4v) is 2.41. The van der Waals surface area contributed by atoms with E-state index in [-0.39, 0.29) is 5.91 Å². The minimum atomic E-state index is -0.0740. The molecule has 0 unspecified atom stereocenters. The number of aliphatic imine (C=N–C) groups is 1. The minimum Gasteiger partial charge on any atom is -0.356 e. The van der Waals surface area contributed by atoms with Gasteiger partial charge in [-0.1, -0.05) is 6.07 Å². The quantitative estimate of drug-likeness (QED) is 0.851. The molecule has 1 heterocycles. The third kappa shape index (κ3) is 2.78. The lowest BCUT2D eigenvalue weighted by atomic mass is 10.0. The van der Waals surface area contributed by atoms with Gasteiger partial charge in [-0.3, -0.25) is 15.1 Å². The molecule has 1 fully saturated rings. The molecule has 19 heavy (non-hydrogen) atoms. The molecule has 3 rings (SSSR count). The molecule has 0 bridgehead atoms. The summed E-state index contributed by atoms with van der Waals surface area (Å²) < 4.78 is 0. The van der Waals surface area contributed by atoms with Crippen molar-refractivity contribution in [3.63, 3.8) is 0 Å². The van der Waals surface area contributed by atoms with Crippen molar-refractivity contribution in [1.82, 2.24) is 10.6 Å². The smallest absolute Gasteiger partial charge is 0.257 e. The fraction of sp³-hybridized carbons (Fsp3) is 0.467. The van der Waals surface area contributed by atoms with Gasteiger partial charge in [-0.2, -0.15) is 0 Å². The molecule has 1 aromatic carbocycles. The average molecular weight is 257 g/mol. The van der Waals surface area contributed by atoms with E-state index >= 15 is 0 Å². The van der Waals surface area contributed by atoms with E-state index in [1.807, 2.05) is 18.2 Å². The predicted molar refractivity (Wildman–Crippen MR) is 75.5 cm³/mol. The first-order valence-electron chi connectivity index (χ1n) is 6.94. The van der Waals surface area contributed by atoms with Crippen LogP contribution in [0.3, 0.4) is 0 Å². The van der Waals surface area contributed by atoms with Gasteiger partial charge in [0.2, 0.25) is 0 Å². The van der Waals surface area contributed by atoms with E-state index in [2.05, 4.69) is 22.5 Å². The van der Waals surface area contributed by atoms with Gasteiger partial charge < -0.3 is 5.32 Å². The number of carbonyl (C=O) groups excluding carboxylic acids is 1. The molecule has 0 radical (unpaired) electrons. The van der Waals surface area contributed by atoms with Gasteiger partial charge in [-0.15, -0.1) is 0 Å². The van der Waals surface area contributed by atoms with Gasteiger partial charge in [0.25, 0.3) is 5.91 Å². The third-order valence-electron chi connectivity index (χ3n) is 3.69. The molecule has 1 aliphatic carbocycles. The molecule has 4 nitrogen and oxygen atoms in total. The highest BCUT2D eigenvalue weighted by atomic mass is 16.1. The van der Waals surface area contributed by atoms with Crippen LogP contribution in [0.25, 0.3) is 0 Å². The Bertz CT molecular complexity index is 532. The van der Waals surface area contributed by atoms with E-state index in [1.165, 1.54) is 24.0 Å². The van der Waals surface area contributed by atoms with Gasteiger partial charge in [0, 0.05) is 18.7 Å². The molecular formula is C15H19N3O. The van der Waals surface area contributed by atoms with Crippen molar-refractivity contribution in [1.29, 1.82) is 0 Å². The number of hydrogen-bond donors (Lipinski definition) is 2. The first-order valence-corrected chi connectivity index (χ1v) is 6.94. The van der Waals surface area contributed by atoms with Crippen LogP contribution >= 0.6 is 0 Å². The first kappa shape index (κ1) is 12.2. The second-order valence-corrected chi connectivity index (χ2v) is 5.31. The Morgan fingerprint density at radius 1 is 1.42 bits per heavy atom. The molecule has 1 aliphatic heterocycles.